The number of rotatable bonds is 4. The number of carbonyl (C=O) groups excluding carboxylic acids is 1. The van der Waals surface area contributed by atoms with E-state index in [9.17, 15) is 9.18 Å². The Kier molecular flexibility index (Phi) is 4.94. The highest BCUT2D eigenvalue weighted by Gasteiger charge is 2.22. The third-order valence-corrected chi connectivity index (χ3v) is 7.06. The molecule has 2 aliphatic heterocycles. The number of halogens is 2. The van der Waals surface area contributed by atoms with Crippen LogP contribution in [0.5, 0.6) is 0 Å². The summed E-state index contributed by atoms with van der Waals surface area (Å²) in [6.07, 6.45) is 1.30. The third-order valence-electron chi connectivity index (χ3n) is 5.82. The second-order valence-corrected chi connectivity index (χ2v) is 9.09. The van der Waals surface area contributed by atoms with Crippen molar-refractivity contribution in [3.8, 4) is 0 Å². The van der Waals surface area contributed by atoms with Gasteiger partial charge in [-0.15, -0.1) is 11.3 Å². The van der Waals surface area contributed by atoms with Gasteiger partial charge in [0.25, 0.3) is 0 Å². The van der Waals surface area contributed by atoms with Gasteiger partial charge in [-0.2, -0.15) is 4.39 Å². The van der Waals surface area contributed by atoms with Crippen LogP contribution in [0, 0.1) is 5.13 Å². The van der Waals surface area contributed by atoms with E-state index < -0.39 is 0 Å². The lowest BCUT2D eigenvalue weighted by atomic mass is 10.1. The van der Waals surface area contributed by atoms with Crippen molar-refractivity contribution >= 4 is 50.3 Å². The van der Waals surface area contributed by atoms with Gasteiger partial charge in [0, 0.05) is 59.2 Å². The molecule has 0 saturated carbocycles. The molecular formula is C22H21ClFN3OS. The molecule has 4 nitrogen and oxygen atoms in total. The van der Waals surface area contributed by atoms with Crippen LogP contribution in [-0.2, 0) is 17.6 Å². The molecule has 0 aliphatic carbocycles. The number of piperazine rings is 1. The molecule has 1 saturated heterocycles. The van der Waals surface area contributed by atoms with Crippen molar-refractivity contribution in [1.29, 1.82) is 0 Å². The van der Waals surface area contributed by atoms with Crippen LogP contribution in [0.25, 0.3) is 10.1 Å². The van der Waals surface area contributed by atoms with E-state index in [1.54, 1.807) is 6.07 Å². The zero-order chi connectivity index (χ0) is 20.0. The van der Waals surface area contributed by atoms with Crippen LogP contribution in [0.2, 0.25) is 5.02 Å². The summed E-state index contributed by atoms with van der Waals surface area (Å²) in [4.78, 5) is 16.4. The Labute approximate surface area is 177 Å². The smallest absolute Gasteiger partial charge is 0.228 e. The SMILES string of the molecule is O=C1Cc2cc(CCN3CCN(c4cccc5sc(F)cc45)CC3)c(Cl)cc2N1. The van der Waals surface area contributed by atoms with E-state index in [4.69, 9.17) is 11.6 Å². The topological polar surface area (TPSA) is 35.6 Å². The zero-order valence-electron chi connectivity index (χ0n) is 15.9. The van der Waals surface area contributed by atoms with E-state index in [0.29, 0.717) is 6.42 Å². The minimum atomic E-state index is -0.130. The number of nitrogens with zero attached hydrogens (tertiary/aromatic N) is 2. The van der Waals surface area contributed by atoms with Gasteiger partial charge in [-0.1, -0.05) is 23.7 Å². The number of benzene rings is 2. The van der Waals surface area contributed by atoms with Crippen molar-refractivity contribution in [3.63, 3.8) is 0 Å². The Hall–Kier alpha value is -2.15. The first-order valence-corrected chi connectivity index (χ1v) is 11.0. The molecule has 3 heterocycles. The van der Waals surface area contributed by atoms with Crippen LogP contribution in [0.15, 0.2) is 36.4 Å². The van der Waals surface area contributed by atoms with Crippen molar-refractivity contribution in [2.75, 3.05) is 42.9 Å². The maximum Gasteiger partial charge on any atom is 0.228 e. The number of carbonyl (C=O) groups is 1. The van der Waals surface area contributed by atoms with Crippen molar-refractivity contribution in [2.24, 2.45) is 0 Å². The third kappa shape index (κ3) is 3.72. The van der Waals surface area contributed by atoms with Crippen molar-refractivity contribution in [3.05, 3.63) is 57.7 Å². The molecule has 7 heteroatoms. The summed E-state index contributed by atoms with van der Waals surface area (Å²) < 4.78 is 14.7. The van der Waals surface area contributed by atoms with Crippen LogP contribution >= 0.6 is 22.9 Å². The van der Waals surface area contributed by atoms with E-state index >= 15 is 0 Å². The number of hydrogen-bond acceptors (Lipinski definition) is 4. The number of hydrogen-bond donors (Lipinski definition) is 1. The lowest BCUT2D eigenvalue weighted by Gasteiger charge is -2.36. The molecule has 0 spiro atoms. The summed E-state index contributed by atoms with van der Waals surface area (Å²) in [7, 11) is 0. The van der Waals surface area contributed by atoms with Crippen LogP contribution in [0.1, 0.15) is 11.1 Å². The van der Waals surface area contributed by atoms with E-state index in [1.807, 2.05) is 18.2 Å². The van der Waals surface area contributed by atoms with Gasteiger partial charge in [0.05, 0.1) is 6.42 Å². The predicted molar refractivity (Wildman–Crippen MR) is 118 cm³/mol. The summed E-state index contributed by atoms with van der Waals surface area (Å²) in [6, 6.07) is 11.7. The molecule has 0 unspecified atom stereocenters. The predicted octanol–water partition coefficient (Wildman–Crippen LogP) is 4.55. The Morgan fingerprint density at radius 3 is 2.79 bits per heavy atom. The van der Waals surface area contributed by atoms with Gasteiger partial charge in [0.15, 0.2) is 5.13 Å². The standard InChI is InChI=1S/C22H21ClFN3OS/c23-17-13-18-15(11-22(28)25-18)10-14(17)4-5-26-6-8-27(9-7-26)19-2-1-3-20-16(19)12-21(24)29-20/h1-3,10,12-13H,4-9,11H2,(H,25,28). The van der Waals surface area contributed by atoms with Gasteiger partial charge in [-0.3, -0.25) is 9.69 Å². The van der Waals surface area contributed by atoms with Crippen LogP contribution in [-0.4, -0.2) is 43.5 Å². The normalized spacial score (nSPS) is 17.0. The van der Waals surface area contributed by atoms with E-state index in [2.05, 4.69) is 27.2 Å². The molecule has 150 valence electrons. The Bertz CT molecular complexity index is 1090. The molecule has 5 rings (SSSR count). The monoisotopic (exact) mass is 429 g/mol. The van der Waals surface area contributed by atoms with Gasteiger partial charge in [-0.05, 0) is 41.8 Å². The van der Waals surface area contributed by atoms with Crippen molar-refractivity contribution < 1.29 is 9.18 Å². The highest BCUT2D eigenvalue weighted by atomic mass is 35.5. The van der Waals surface area contributed by atoms with Gasteiger partial charge in [0.2, 0.25) is 5.91 Å². The summed E-state index contributed by atoms with van der Waals surface area (Å²) >= 11 is 7.63. The van der Waals surface area contributed by atoms with E-state index in [-0.39, 0.29) is 11.0 Å². The highest BCUT2D eigenvalue weighted by Crippen LogP contribution is 2.33. The second kappa shape index (κ2) is 7.59. The maximum atomic E-state index is 13.7. The quantitative estimate of drug-likeness (QED) is 0.660. The molecule has 0 atom stereocenters. The second-order valence-electron chi connectivity index (χ2n) is 7.64. The lowest BCUT2D eigenvalue weighted by molar-refractivity contribution is -0.115. The molecule has 2 aliphatic rings. The molecular weight excluding hydrogens is 409 g/mol. The molecule has 1 amide bonds. The fourth-order valence-electron chi connectivity index (χ4n) is 4.27. The minimum Gasteiger partial charge on any atom is -0.368 e. The Morgan fingerprint density at radius 1 is 1.14 bits per heavy atom. The zero-order valence-corrected chi connectivity index (χ0v) is 17.5. The summed E-state index contributed by atoms with van der Waals surface area (Å²) in [5, 5.41) is 4.44. The first kappa shape index (κ1) is 18.9. The number of fused-ring (bicyclic) bond motifs is 2. The largest absolute Gasteiger partial charge is 0.368 e. The summed E-state index contributed by atoms with van der Waals surface area (Å²) in [5.41, 5.74) is 4.11. The van der Waals surface area contributed by atoms with E-state index in [0.717, 1.165) is 76.8 Å². The molecule has 2 aromatic carbocycles. The van der Waals surface area contributed by atoms with E-state index in [1.165, 1.54) is 11.3 Å². The number of thiophene rings is 1. The van der Waals surface area contributed by atoms with Crippen LogP contribution in [0.4, 0.5) is 15.8 Å². The summed E-state index contributed by atoms with van der Waals surface area (Å²) in [6.45, 7) is 4.71. The van der Waals surface area contributed by atoms with Gasteiger partial charge >= 0.3 is 0 Å². The van der Waals surface area contributed by atoms with Gasteiger partial charge in [-0.25, -0.2) is 0 Å². The van der Waals surface area contributed by atoms with Crippen molar-refractivity contribution in [2.45, 2.75) is 12.8 Å². The first-order valence-electron chi connectivity index (χ1n) is 9.83. The average molecular weight is 430 g/mol. The fraction of sp³-hybridized carbons (Fsp3) is 0.318. The Balaban J connectivity index is 1.22. The van der Waals surface area contributed by atoms with Gasteiger partial charge < -0.3 is 10.2 Å². The maximum absolute atomic E-state index is 13.7. The molecule has 1 aromatic heterocycles. The average Bonchev–Trinajstić information content (AvgIpc) is 3.26. The molecule has 3 aromatic rings. The van der Waals surface area contributed by atoms with Crippen LogP contribution in [0.3, 0.4) is 0 Å². The highest BCUT2D eigenvalue weighted by molar-refractivity contribution is 7.17. The number of amides is 1. The number of anilines is 2. The Morgan fingerprint density at radius 2 is 1.97 bits per heavy atom. The molecule has 1 fully saturated rings. The molecule has 1 N–H and O–H groups in total. The number of nitrogens with one attached hydrogen (secondary N) is 1. The fourth-order valence-corrected chi connectivity index (χ4v) is 5.34. The molecule has 29 heavy (non-hydrogen) atoms. The van der Waals surface area contributed by atoms with Crippen LogP contribution < -0.4 is 10.2 Å². The first-order chi connectivity index (χ1) is 14.1. The van der Waals surface area contributed by atoms with Gasteiger partial charge in [0.1, 0.15) is 0 Å². The molecule has 0 radical (unpaired) electrons. The lowest BCUT2D eigenvalue weighted by Crippen LogP contribution is -2.47. The van der Waals surface area contributed by atoms with Crippen molar-refractivity contribution in [1.82, 2.24) is 4.90 Å². The minimum absolute atomic E-state index is 0.0323. The summed E-state index contributed by atoms with van der Waals surface area (Å²) in [5.74, 6) is 0.0323. The molecule has 0 bridgehead atoms.